The number of carbonyl (C=O) groups excluding carboxylic acids is 1. The third-order valence-corrected chi connectivity index (χ3v) is 5.93. The number of rotatable bonds is 3. The van der Waals surface area contributed by atoms with Crippen LogP contribution in [0.2, 0.25) is 0 Å². The lowest BCUT2D eigenvalue weighted by atomic mass is 9.77. The molecule has 0 radical (unpaired) electrons. The molecule has 3 rings (SSSR count). The van der Waals surface area contributed by atoms with Gasteiger partial charge in [0, 0.05) is 32.0 Å². The van der Waals surface area contributed by atoms with Gasteiger partial charge in [-0.1, -0.05) is 6.92 Å². The average Bonchev–Trinajstić information content (AvgIpc) is 2.88. The Morgan fingerprint density at radius 2 is 1.95 bits per heavy atom. The van der Waals surface area contributed by atoms with Gasteiger partial charge in [-0.05, 0) is 50.7 Å². The molecule has 0 aliphatic carbocycles. The van der Waals surface area contributed by atoms with E-state index >= 15 is 0 Å². The van der Waals surface area contributed by atoms with Crippen molar-refractivity contribution < 1.29 is 9.90 Å². The van der Waals surface area contributed by atoms with Crippen LogP contribution in [0.5, 0.6) is 0 Å². The zero-order chi connectivity index (χ0) is 14.9. The van der Waals surface area contributed by atoms with Gasteiger partial charge in [0.15, 0.2) is 0 Å². The van der Waals surface area contributed by atoms with Crippen LogP contribution >= 0.6 is 0 Å². The third-order valence-electron chi connectivity index (χ3n) is 5.93. The molecule has 120 valence electrons. The highest BCUT2D eigenvalue weighted by Gasteiger charge is 2.42. The van der Waals surface area contributed by atoms with Gasteiger partial charge in [-0.25, -0.2) is 0 Å². The number of carbonyl (C=O) groups is 1. The van der Waals surface area contributed by atoms with E-state index in [0.29, 0.717) is 12.3 Å². The number of hydrogen-bond acceptors (Lipinski definition) is 4. The van der Waals surface area contributed by atoms with Crippen molar-refractivity contribution in [3.05, 3.63) is 0 Å². The second-order valence-electron chi connectivity index (χ2n) is 7.17. The average molecular weight is 295 g/mol. The quantitative estimate of drug-likeness (QED) is 0.802. The van der Waals surface area contributed by atoms with Crippen molar-refractivity contribution in [3.8, 4) is 0 Å². The Morgan fingerprint density at radius 1 is 1.29 bits per heavy atom. The molecule has 0 aromatic rings. The van der Waals surface area contributed by atoms with Crippen LogP contribution in [0.1, 0.15) is 39.0 Å². The molecule has 5 heteroatoms. The number of aliphatic hydroxyl groups excluding tert-OH is 1. The Kier molecular flexibility index (Phi) is 4.52. The maximum atomic E-state index is 11.5. The number of likely N-dealkylation sites (tertiary alicyclic amines) is 2. The van der Waals surface area contributed by atoms with Gasteiger partial charge < -0.3 is 15.3 Å². The Bertz CT molecular complexity index is 372. The van der Waals surface area contributed by atoms with Crippen molar-refractivity contribution >= 4 is 5.91 Å². The standard InChI is InChI=1S/C16H29N3O2/c1-2-18-7-3-13(4-8-18)15(21)19-9-5-16(6-10-19)11-14(20)17-12-16/h13,15,21H,2-12H2,1H3,(H,17,20). The van der Waals surface area contributed by atoms with E-state index in [1.165, 1.54) is 0 Å². The van der Waals surface area contributed by atoms with Crippen molar-refractivity contribution in [2.24, 2.45) is 11.3 Å². The largest absolute Gasteiger partial charge is 0.378 e. The van der Waals surface area contributed by atoms with Crippen LogP contribution in [0, 0.1) is 11.3 Å². The summed E-state index contributed by atoms with van der Waals surface area (Å²) in [7, 11) is 0. The van der Waals surface area contributed by atoms with E-state index in [0.717, 1.165) is 65.0 Å². The fourth-order valence-electron chi connectivity index (χ4n) is 4.23. The lowest BCUT2D eigenvalue weighted by molar-refractivity contribution is -0.120. The van der Waals surface area contributed by atoms with Gasteiger partial charge in [-0.3, -0.25) is 9.69 Å². The summed E-state index contributed by atoms with van der Waals surface area (Å²) in [5, 5.41) is 13.6. The summed E-state index contributed by atoms with van der Waals surface area (Å²) in [5.74, 6) is 0.626. The summed E-state index contributed by atoms with van der Waals surface area (Å²) in [4.78, 5) is 16.2. The molecule has 1 spiro atoms. The van der Waals surface area contributed by atoms with E-state index in [1.54, 1.807) is 0 Å². The predicted molar refractivity (Wildman–Crippen MR) is 81.7 cm³/mol. The van der Waals surface area contributed by atoms with Crippen molar-refractivity contribution in [3.63, 3.8) is 0 Å². The molecule has 3 fully saturated rings. The molecule has 5 nitrogen and oxygen atoms in total. The molecule has 3 aliphatic rings. The first-order valence-corrected chi connectivity index (χ1v) is 8.53. The second-order valence-corrected chi connectivity index (χ2v) is 7.17. The molecule has 2 N–H and O–H groups in total. The molecular weight excluding hydrogens is 266 g/mol. The summed E-state index contributed by atoms with van der Waals surface area (Å²) in [6.07, 6.45) is 4.69. The Morgan fingerprint density at radius 3 is 2.48 bits per heavy atom. The molecule has 1 unspecified atom stereocenters. The zero-order valence-electron chi connectivity index (χ0n) is 13.2. The Balaban J connectivity index is 1.49. The number of nitrogens with zero attached hydrogens (tertiary/aromatic N) is 2. The Labute approximate surface area is 127 Å². The van der Waals surface area contributed by atoms with Crippen molar-refractivity contribution in [2.75, 3.05) is 39.3 Å². The predicted octanol–water partition coefficient (Wildman–Crippen LogP) is 0.639. The summed E-state index contributed by atoms with van der Waals surface area (Å²) < 4.78 is 0. The van der Waals surface area contributed by atoms with Crippen LogP contribution < -0.4 is 5.32 Å². The first-order valence-electron chi connectivity index (χ1n) is 8.53. The number of amides is 1. The summed E-state index contributed by atoms with van der Waals surface area (Å²) in [6.45, 7) is 8.27. The SMILES string of the molecule is CCN1CCC(C(O)N2CCC3(CC2)CNC(=O)C3)CC1. The van der Waals surface area contributed by atoms with E-state index in [1.807, 2.05) is 0 Å². The molecule has 0 bridgehead atoms. The van der Waals surface area contributed by atoms with Gasteiger partial charge in [0.05, 0.1) is 0 Å². The number of piperidine rings is 2. The van der Waals surface area contributed by atoms with E-state index in [2.05, 4.69) is 22.0 Å². The van der Waals surface area contributed by atoms with E-state index in [9.17, 15) is 9.90 Å². The van der Waals surface area contributed by atoms with Gasteiger partial charge in [-0.2, -0.15) is 0 Å². The minimum atomic E-state index is -0.286. The summed E-state index contributed by atoms with van der Waals surface area (Å²) in [6, 6.07) is 0. The lowest BCUT2D eigenvalue weighted by Gasteiger charge is -2.43. The maximum Gasteiger partial charge on any atom is 0.220 e. The van der Waals surface area contributed by atoms with Gasteiger partial charge in [-0.15, -0.1) is 0 Å². The van der Waals surface area contributed by atoms with Gasteiger partial charge in [0.1, 0.15) is 6.23 Å². The molecule has 3 aliphatic heterocycles. The van der Waals surface area contributed by atoms with Crippen LogP contribution in [-0.4, -0.2) is 66.3 Å². The molecule has 0 saturated carbocycles. The van der Waals surface area contributed by atoms with E-state index in [-0.39, 0.29) is 17.6 Å². The minimum Gasteiger partial charge on any atom is -0.378 e. The zero-order valence-corrected chi connectivity index (χ0v) is 13.2. The van der Waals surface area contributed by atoms with Crippen LogP contribution in [0.4, 0.5) is 0 Å². The highest BCUT2D eigenvalue weighted by Crippen LogP contribution is 2.38. The fraction of sp³-hybridized carbons (Fsp3) is 0.938. The second kappa shape index (κ2) is 6.23. The van der Waals surface area contributed by atoms with Crippen molar-refractivity contribution in [1.82, 2.24) is 15.1 Å². The van der Waals surface area contributed by atoms with Crippen LogP contribution in [-0.2, 0) is 4.79 Å². The number of aliphatic hydroxyl groups is 1. The minimum absolute atomic E-state index is 0.179. The van der Waals surface area contributed by atoms with Crippen molar-refractivity contribution in [1.29, 1.82) is 0 Å². The van der Waals surface area contributed by atoms with Crippen LogP contribution in [0.3, 0.4) is 0 Å². The van der Waals surface area contributed by atoms with Crippen LogP contribution in [0.15, 0.2) is 0 Å². The number of nitrogens with one attached hydrogen (secondary N) is 1. The fourth-order valence-corrected chi connectivity index (χ4v) is 4.23. The first kappa shape index (κ1) is 15.3. The summed E-state index contributed by atoms with van der Waals surface area (Å²) >= 11 is 0. The van der Waals surface area contributed by atoms with E-state index < -0.39 is 0 Å². The Hall–Kier alpha value is -0.650. The van der Waals surface area contributed by atoms with E-state index in [4.69, 9.17) is 0 Å². The third kappa shape index (κ3) is 3.25. The lowest BCUT2D eigenvalue weighted by Crippen LogP contribution is -2.50. The molecule has 3 saturated heterocycles. The molecule has 0 aromatic carbocycles. The van der Waals surface area contributed by atoms with Crippen molar-refractivity contribution in [2.45, 2.75) is 45.3 Å². The van der Waals surface area contributed by atoms with Gasteiger partial charge in [0.2, 0.25) is 5.91 Å². The highest BCUT2D eigenvalue weighted by atomic mass is 16.3. The maximum absolute atomic E-state index is 11.5. The normalized spacial score (nSPS) is 29.7. The summed E-state index contributed by atoms with van der Waals surface area (Å²) in [5.41, 5.74) is 0.179. The topological polar surface area (TPSA) is 55.8 Å². The monoisotopic (exact) mass is 295 g/mol. The van der Waals surface area contributed by atoms with Gasteiger partial charge >= 0.3 is 0 Å². The molecule has 1 amide bonds. The van der Waals surface area contributed by atoms with Crippen LogP contribution in [0.25, 0.3) is 0 Å². The molecule has 1 atom stereocenters. The first-order chi connectivity index (χ1) is 10.1. The van der Waals surface area contributed by atoms with Gasteiger partial charge in [0.25, 0.3) is 0 Å². The highest BCUT2D eigenvalue weighted by molar-refractivity contribution is 5.79. The smallest absolute Gasteiger partial charge is 0.220 e. The molecular formula is C16H29N3O2. The number of hydrogen-bond donors (Lipinski definition) is 2. The molecule has 3 heterocycles. The molecule has 21 heavy (non-hydrogen) atoms. The molecule has 0 aromatic heterocycles.